The molecule has 0 heterocycles. The lowest BCUT2D eigenvalue weighted by Gasteiger charge is -2.71. The molecule has 0 saturated heterocycles. The molecule has 9 atom stereocenters. The lowest BCUT2D eigenvalue weighted by Crippen LogP contribution is -2.65. The highest BCUT2D eigenvalue weighted by atomic mass is 16.3. The first kappa shape index (κ1) is 23.4. The maximum Gasteiger partial charge on any atom is 0.0618 e. The Morgan fingerprint density at radius 1 is 0.844 bits per heavy atom. The van der Waals surface area contributed by atoms with E-state index in [1.807, 2.05) is 5.57 Å². The molecule has 0 spiro atoms. The standard InChI is InChI=1S/C30H50O2/c1-25(2)14-15-26(3)16-17-29(6)20(21(26)18-25)8-9-23-27(4)12-11-24(32)28(5,19-31)22(27)10-13-30(23,29)7/h8,21-24,31-32H,9-19H2,1-7H3/t21?,22?,23?,24-,26+,27-,28+,29+,30+/m0/s1. The smallest absolute Gasteiger partial charge is 0.0618 e. The molecule has 182 valence electrons. The molecule has 5 rings (SSSR count). The normalized spacial score (nSPS) is 56.8. The fourth-order valence-corrected chi connectivity index (χ4v) is 10.5. The van der Waals surface area contributed by atoms with Crippen molar-refractivity contribution in [2.75, 3.05) is 6.61 Å². The molecule has 2 heteroatoms. The van der Waals surface area contributed by atoms with Crippen LogP contribution >= 0.6 is 0 Å². The van der Waals surface area contributed by atoms with Gasteiger partial charge >= 0.3 is 0 Å². The summed E-state index contributed by atoms with van der Waals surface area (Å²) in [5.41, 5.74) is 3.28. The van der Waals surface area contributed by atoms with Gasteiger partial charge in [0, 0.05) is 5.41 Å². The van der Waals surface area contributed by atoms with Gasteiger partial charge in [-0.15, -0.1) is 0 Å². The fraction of sp³-hybridized carbons (Fsp3) is 0.933. The summed E-state index contributed by atoms with van der Waals surface area (Å²) in [6.07, 6.45) is 14.8. The minimum absolute atomic E-state index is 0.117. The van der Waals surface area contributed by atoms with Crippen molar-refractivity contribution in [3.8, 4) is 0 Å². The van der Waals surface area contributed by atoms with E-state index in [9.17, 15) is 10.2 Å². The number of hydrogen-bond donors (Lipinski definition) is 2. The molecule has 5 aliphatic carbocycles. The Kier molecular flexibility index (Phi) is 5.02. The molecule has 0 amide bonds. The topological polar surface area (TPSA) is 40.5 Å². The van der Waals surface area contributed by atoms with Gasteiger partial charge in [0.2, 0.25) is 0 Å². The Morgan fingerprint density at radius 3 is 2.22 bits per heavy atom. The van der Waals surface area contributed by atoms with Crippen LogP contribution in [0.15, 0.2) is 11.6 Å². The molecule has 4 saturated carbocycles. The summed E-state index contributed by atoms with van der Waals surface area (Å²) in [6, 6.07) is 0. The van der Waals surface area contributed by atoms with Gasteiger partial charge in [0.1, 0.15) is 0 Å². The van der Waals surface area contributed by atoms with Gasteiger partial charge in [-0.05, 0) is 109 Å². The number of allylic oxidation sites excluding steroid dienone is 2. The van der Waals surface area contributed by atoms with Gasteiger partial charge in [-0.25, -0.2) is 0 Å². The summed E-state index contributed by atoms with van der Waals surface area (Å²) in [6.45, 7) is 17.7. The van der Waals surface area contributed by atoms with E-state index in [4.69, 9.17) is 0 Å². The molecule has 32 heavy (non-hydrogen) atoms. The maximum absolute atomic E-state index is 10.9. The third kappa shape index (κ3) is 2.78. The Labute approximate surface area is 197 Å². The summed E-state index contributed by atoms with van der Waals surface area (Å²) in [4.78, 5) is 0. The van der Waals surface area contributed by atoms with Crippen LogP contribution < -0.4 is 0 Å². The molecule has 5 aliphatic rings. The van der Waals surface area contributed by atoms with Crippen molar-refractivity contribution in [1.29, 1.82) is 0 Å². The molecule has 2 N–H and O–H groups in total. The van der Waals surface area contributed by atoms with Crippen molar-refractivity contribution in [3.63, 3.8) is 0 Å². The van der Waals surface area contributed by atoms with Crippen LogP contribution in [-0.2, 0) is 0 Å². The van der Waals surface area contributed by atoms with Gasteiger partial charge in [-0.1, -0.05) is 60.1 Å². The molecule has 2 nitrogen and oxygen atoms in total. The zero-order valence-electron chi connectivity index (χ0n) is 22.1. The molecule has 3 unspecified atom stereocenters. The predicted octanol–water partition coefficient (Wildman–Crippen LogP) is 7.14. The van der Waals surface area contributed by atoms with Crippen molar-refractivity contribution >= 4 is 0 Å². The minimum atomic E-state index is -0.361. The van der Waals surface area contributed by atoms with Crippen molar-refractivity contribution in [2.45, 2.75) is 119 Å². The summed E-state index contributed by atoms with van der Waals surface area (Å²) in [7, 11) is 0. The highest BCUT2D eigenvalue weighted by Crippen LogP contribution is 2.75. The third-order valence-electron chi connectivity index (χ3n) is 13.2. The van der Waals surface area contributed by atoms with E-state index in [1.165, 1.54) is 44.9 Å². The second-order valence-corrected chi connectivity index (χ2v) is 15.1. The molecular formula is C30H50O2. The second-order valence-electron chi connectivity index (χ2n) is 15.1. The first-order valence-electron chi connectivity index (χ1n) is 13.8. The van der Waals surface area contributed by atoms with Gasteiger partial charge in [0.25, 0.3) is 0 Å². The number of fused-ring (bicyclic) bond motifs is 7. The van der Waals surface area contributed by atoms with Gasteiger partial charge < -0.3 is 10.2 Å². The van der Waals surface area contributed by atoms with Crippen LogP contribution in [0.25, 0.3) is 0 Å². The molecule has 0 aliphatic heterocycles. The maximum atomic E-state index is 10.9. The monoisotopic (exact) mass is 442 g/mol. The van der Waals surface area contributed by atoms with E-state index < -0.39 is 0 Å². The van der Waals surface area contributed by atoms with E-state index in [-0.39, 0.29) is 23.5 Å². The van der Waals surface area contributed by atoms with Crippen molar-refractivity contribution < 1.29 is 10.2 Å². The molecule has 4 fully saturated rings. The van der Waals surface area contributed by atoms with Gasteiger partial charge in [-0.2, -0.15) is 0 Å². The van der Waals surface area contributed by atoms with Crippen LogP contribution in [0, 0.1) is 50.2 Å². The minimum Gasteiger partial charge on any atom is -0.396 e. The molecule has 0 radical (unpaired) electrons. The van der Waals surface area contributed by atoms with E-state index in [0.717, 1.165) is 25.2 Å². The molecule has 0 bridgehead atoms. The Morgan fingerprint density at radius 2 is 1.53 bits per heavy atom. The Hall–Kier alpha value is -0.340. The summed E-state index contributed by atoms with van der Waals surface area (Å²) < 4.78 is 0. The van der Waals surface area contributed by atoms with Gasteiger partial charge in [-0.3, -0.25) is 0 Å². The van der Waals surface area contributed by atoms with Crippen LogP contribution in [0.1, 0.15) is 113 Å². The number of rotatable bonds is 1. The molecule has 0 aromatic rings. The quantitative estimate of drug-likeness (QED) is 0.424. The Bertz CT molecular complexity index is 814. The van der Waals surface area contributed by atoms with Gasteiger partial charge in [0.05, 0.1) is 12.7 Å². The van der Waals surface area contributed by atoms with Gasteiger partial charge in [0.15, 0.2) is 0 Å². The van der Waals surface area contributed by atoms with Crippen LogP contribution in [0.2, 0.25) is 0 Å². The average molecular weight is 443 g/mol. The zero-order valence-corrected chi connectivity index (χ0v) is 22.1. The fourth-order valence-electron chi connectivity index (χ4n) is 10.5. The highest BCUT2D eigenvalue weighted by molar-refractivity contribution is 5.33. The van der Waals surface area contributed by atoms with E-state index in [0.29, 0.717) is 33.5 Å². The molecule has 0 aromatic heterocycles. The summed E-state index contributed by atoms with van der Waals surface area (Å²) >= 11 is 0. The Balaban J connectivity index is 1.57. The van der Waals surface area contributed by atoms with Crippen LogP contribution in [-0.4, -0.2) is 22.9 Å². The average Bonchev–Trinajstić information content (AvgIpc) is 2.73. The predicted molar refractivity (Wildman–Crippen MR) is 132 cm³/mol. The van der Waals surface area contributed by atoms with E-state index in [1.54, 1.807) is 0 Å². The number of hydrogen-bond acceptors (Lipinski definition) is 2. The third-order valence-corrected chi connectivity index (χ3v) is 13.2. The first-order valence-corrected chi connectivity index (χ1v) is 13.8. The number of aliphatic hydroxyl groups is 2. The van der Waals surface area contributed by atoms with Crippen molar-refractivity contribution in [3.05, 3.63) is 11.6 Å². The van der Waals surface area contributed by atoms with Crippen molar-refractivity contribution in [1.82, 2.24) is 0 Å². The van der Waals surface area contributed by atoms with Crippen LogP contribution in [0.3, 0.4) is 0 Å². The highest BCUT2D eigenvalue weighted by Gasteiger charge is 2.68. The number of aliphatic hydroxyl groups excluding tert-OH is 2. The lowest BCUT2D eigenvalue weighted by molar-refractivity contribution is -0.215. The van der Waals surface area contributed by atoms with E-state index in [2.05, 4.69) is 54.5 Å². The molecular weight excluding hydrogens is 392 g/mol. The SMILES string of the molecule is CC1(C)CC[C@]2(C)CC[C@]3(C)C(=CCC4[C@@]5(C)CC[C@H](O)[C@](C)(CO)C5CC[C@]43C)C2C1. The molecule has 0 aromatic carbocycles. The second kappa shape index (κ2) is 6.87. The largest absolute Gasteiger partial charge is 0.396 e. The van der Waals surface area contributed by atoms with Crippen molar-refractivity contribution in [2.24, 2.45) is 50.2 Å². The summed E-state index contributed by atoms with van der Waals surface area (Å²) in [5, 5.41) is 21.3. The zero-order chi connectivity index (χ0) is 23.4. The lowest BCUT2D eigenvalue weighted by atomic mass is 9.33. The van der Waals surface area contributed by atoms with Crippen LogP contribution in [0.4, 0.5) is 0 Å². The first-order chi connectivity index (χ1) is 14.8. The van der Waals surface area contributed by atoms with E-state index >= 15 is 0 Å². The van der Waals surface area contributed by atoms with Crippen LogP contribution in [0.5, 0.6) is 0 Å². The summed E-state index contributed by atoms with van der Waals surface area (Å²) in [5.74, 6) is 1.83.